The molecule has 1 aromatic rings. The van der Waals surface area contributed by atoms with E-state index in [2.05, 4.69) is 5.10 Å². The van der Waals surface area contributed by atoms with Gasteiger partial charge in [-0.2, -0.15) is 18.3 Å². The summed E-state index contributed by atoms with van der Waals surface area (Å²) in [4.78, 5) is 21.7. The van der Waals surface area contributed by atoms with E-state index < -0.39 is 29.3 Å². The number of benzene rings is 1. The van der Waals surface area contributed by atoms with Crippen LogP contribution >= 0.6 is 0 Å². The van der Waals surface area contributed by atoms with Gasteiger partial charge >= 0.3 is 35.7 Å². The van der Waals surface area contributed by atoms with Crippen molar-refractivity contribution in [2.45, 2.75) is 13.1 Å². The van der Waals surface area contributed by atoms with Crippen LogP contribution in [0.15, 0.2) is 29.4 Å². The van der Waals surface area contributed by atoms with E-state index >= 15 is 0 Å². The van der Waals surface area contributed by atoms with Gasteiger partial charge in [0.1, 0.15) is 0 Å². The van der Waals surface area contributed by atoms with Crippen LogP contribution in [0.1, 0.15) is 22.8 Å². The summed E-state index contributed by atoms with van der Waals surface area (Å²) >= 11 is 0. The van der Waals surface area contributed by atoms with Gasteiger partial charge in [0, 0.05) is 5.56 Å². The third-order valence-corrected chi connectivity index (χ3v) is 2.09. The van der Waals surface area contributed by atoms with Crippen molar-refractivity contribution >= 4 is 17.6 Å². The first-order valence-corrected chi connectivity index (χ1v) is 4.95. The predicted octanol–water partition coefficient (Wildman–Crippen LogP) is -2.43. The first kappa shape index (κ1) is 18.6. The number of hydrogen-bond acceptors (Lipinski definition) is 4. The second-order valence-electron chi connectivity index (χ2n) is 3.50. The Kier molecular flexibility index (Phi) is 6.90. The molecule has 20 heavy (non-hydrogen) atoms. The van der Waals surface area contributed by atoms with Crippen LogP contribution in [0.2, 0.25) is 0 Å². The second kappa shape index (κ2) is 7.41. The molecule has 0 fully saturated rings. The molecule has 0 atom stereocenters. The van der Waals surface area contributed by atoms with E-state index in [4.69, 9.17) is 0 Å². The summed E-state index contributed by atoms with van der Waals surface area (Å²) in [6, 6.07) is 3.40. The summed E-state index contributed by atoms with van der Waals surface area (Å²) in [5, 5.41) is 13.5. The Morgan fingerprint density at radius 3 is 2.10 bits per heavy atom. The van der Waals surface area contributed by atoms with Gasteiger partial charge in [-0.05, 0) is 31.2 Å². The summed E-state index contributed by atoms with van der Waals surface area (Å²) in [6.07, 6.45) is -4.49. The third-order valence-electron chi connectivity index (χ3n) is 2.09. The molecule has 9 heteroatoms. The quantitative estimate of drug-likeness (QED) is 0.382. The fourth-order valence-electron chi connectivity index (χ4n) is 1.06. The zero-order valence-electron chi connectivity index (χ0n) is 10.6. The standard InChI is InChI=1S/C11H9F3N2O3.Na/c1-6(10(18)19)15-16-9(17)7-2-4-8(5-3-7)11(12,13)14;/h2-5H,1H3,(H,16,17)(H,18,19);/q;+1/p-1/b15-6+;. The molecule has 102 valence electrons. The number of hydrogen-bond donors (Lipinski definition) is 1. The van der Waals surface area contributed by atoms with Crippen molar-refractivity contribution in [2.24, 2.45) is 5.10 Å². The van der Waals surface area contributed by atoms with Crippen LogP contribution in [0.25, 0.3) is 0 Å². The Morgan fingerprint density at radius 1 is 1.20 bits per heavy atom. The maximum absolute atomic E-state index is 12.3. The topological polar surface area (TPSA) is 81.6 Å². The van der Waals surface area contributed by atoms with Gasteiger partial charge in [0.2, 0.25) is 0 Å². The number of nitrogens with zero attached hydrogens (tertiary/aromatic N) is 1. The first-order chi connectivity index (χ1) is 8.71. The number of carboxylic acids is 1. The molecule has 5 nitrogen and oxygen atoms in total. The van der Waals surface area contributed by atoms with E-state index in [9.17, 15) is 27.9 Å². The average molecular weight is 296 g/mol. The average Bonchev–Trinajstić information content (AvgIpc) is 2.34. The van der Waals surface area contributed by atoms with E-state index in [1.54, 1.807) is 0 Å². The van der Waals surface area contributed by atoms with E-state index in [0.717, 1.165) is 31.2 Å². The molecule has 0 saturated heterocycles. The smallest absolute Gasteiger partial charge is 0.543 e. The molecule has 0 aromatic heterocycles. The van der Waals surface area contributed by atoms with E-state index in [0.29, 0.717) is 0 Å². The van der Waals surface area contributed by atoms with E-state index in [1.807, 2.05) is 5.43 Å². The number of nitrogens with one attached hydrogen (secondary N) is 1. The van der Waals surface area contributed by atoms with Gasteiger partial charge in [-0.25, -0.2) is 5.43 Å². The van der Waals surface area contributed by atoms with Crippen LogP contribution in [0, 0.1) is 0 Å². The number of alkyl halides is 3. The molecule has 0 heterocycles. The molecule has 1 N–H and O–H groups in total. The molecule has 0 aliphatic heterocycles. The Labute approximate surface area is 134 Å². The number of hydrazone groups is 1. The van der Waals surface area contributed by atoms with Gasteiger partial charge in [-0.3, -0.25) is 4.79 Å². The summed E-state index contributed by atoms with van der Waals surface area (Å²) in [5.74, 6) is -2.39. The van der Waals surface area contributed by atoms with E-state index in [1.165, 1.54) is 0 Å². The molecule has 0 aliphatic carbocycles. The van der Waals surface area contributed by atoms with Crippen molar-refractivity contribution in [2.75, 3.05) is 0 Å². The van der Waals surface area contributed by atoms with Crippen LogP contribution in [-0.4, -0.2) is 17.6 Å². The minimum Gasteiger partial charge on any atom is -0.543 e. The largest absolute Gasteiger partial charge is 1.00 e. The van der Waals surface area contributed by atoms with Crippen molar-refractivity contribution in [3.63, 3.8) is 0 Å². The van der Waals surface area contributed by atoms with Gasteiger partial charge in [0.05, 0.1) is 17.2 Å². The van der Waals surface area contributed by atoms with Crippen LogP contribution < -0.4 is 40.1 Å². The molecule has 0 aliphatic rings. The fraction of sp³-hybridized carbons (Fsp3) is 0.182. The number of carbonyl (C=O) groups is 2. The maximum Gasteiger partial charge on any atom is 1.00 e. The maximum atomic E-state index is 12.3. The molecule has 0 bridgehead atoms. The Hall–Kier alpha value is -1.38. The van der Waals surface area contributed by atoms with Crippen LogP contribution in [-0.2, 0) is 11.0 Å². The minimum atomic E-state index is -4.49. The number of amides is 1. The van der Waals surface area contributed by atoms with E-state index in [-0.39, 0.29) is 35.1 Å². The van der Waals surface area contributed by atoms with Crippen LogP contribution in [0.3, 0.4) is 0 Å². The third kappa shape index (κ3) is 5.32. The summed E-state index contributed by atoms with van der Waals surface area (Å²) in [5.41, 5.74) is 0.456. The van der Waals surface area contributed by atoms with Crippen LogP contribution in [0.5, 0.6) is 0 Å². The zero-order chi connectivity index (χ0) is 14.6. The molecular formula is C11H8F3N2NaO3. The number of aliphatic carboxylic acids is 1. The molecule has 0 spiro atoms. The van der Waals surface area contributed by atoms with Crippen molar-refractivity contribution in [3.05, 3.63) is 35.4 Å². The normalized spacial score (nSPS) is 11.5. The number of carbonyl (C=O) groups excluding carboxylic acids is 2. The number of halogens is 3. The molecule has 0 radical (unpaired) electrons. The first-order valence-electron chi connectivity index (χ1n) is 4.95. The second-order valence-corrected chi connectivity index (χ2v) is 3.50. The number of carboxylic acid groups (broad SMARTS) is 1. The molecule has 0 unspecified atom stereocenters. The SMILES string of the molecule is C/C(=N\NC(=O)c1ccc(C(F)(F)F)cc1)C(=O)[O-].[Na+]. The Balaban J connectivity index is 0.00000361. The summed E-state index contributed by atoms with van der Waals surface area (Å²) in [7, 11) is 0. The summed E-state index contributed by atoms with van der Waals surface area (Å²) in [6.45, 7) is 1.10. The minimum absolute atomic E-state index is 0. The van der Waals surface area contributed by atoms with Crippen molar-refractivity contribution in [3.8, 4) is 0 Å². The monoisotopic (exact) mass is 296 g/mol. The van der Waals surface area contributed by atoms with Crippen molar-refractivity contribution in [1.82, 2.24) is 5.43 Å². The number of rotatable bonds is 3. The fourth-order valence-corrected chi connectivity index (χ4v) is 1.06. The zero-order valence-corrected chi connectivity index (χ0v) is 12.6. The van der Waals surface area contributed by atoms with Gasteiger partial charge in [0.25, 0.3) is 5.91 Å². The molecule has 1 rings (SSSR count). The van der Waals surface area contributed by atoms with Crippen molar-refractivity contribution < 1.29 is 57.4 Å². The van der Waals surface area contributed by atoms with Crippen molar-refractivity contribution in [1.29, 1.82) is 0 Å². The summed E-state index contributed by atoms with van der Waals surface area (Å²) < 4.78 is 36.8. The van der Waals surface area contributed by atoms with Gasteiger partial charge in [0.15, 0.2) is 0 Å². The molecule has 1 aromatic carbocycles. The molecular weight excluding hydrogens is 288 g/mol. The van der Waals surface area contributed by atoms with Gasteiger partial charge < -0.3 is 9.90 Å². The Morgan fingerprint density at radius 2 is 1.70 bits per heavy atom. The van der Waals surface area contributed by atoms with Gasteiger partial charge in [-0.15, -0.1) is 0 Å². The Bertz CT molecular complexity index is 527. The van der Waals surface area contributed by atoms with Crippen LogP contribution in [0.4, 0.5) is 13.2 Å². The molecule has 1 amide bonds. The molecule has 0 saturated carbocycles. The van der Waals surface area contributed by atoms with Gasteiger partial charge in [-0.1, -0.05) is 0 Å². The predicted molar refractivity (Wildman–Crippen MR) is 57.0 cm³/mol.